The van der Waals surface area contributed by atoms with Crippen LogP contribution in [0.25, 0.3) is 5.69 Å². The van der Waals surface area contributed by atoms with Crippen molar-refractivity contribution in [3.8, 4) is 5.69 Å². The molecule has 2 aromatic rings. The van der Waals surface area contributed by atoms with Crippen molar-refractivity contribution in [3.63, 3.8) is 0 Å². The summed E-state index contributed by atoms with van der Waals surface area (Å²) in [6.45, 7) is 0. The van der Waals surface area contributed by atoms with Crippen LogP contribution in [-0.2, 0) is 9.84 Å². The largest absolute Gasteiger partial charge is 0.229 e. The zero-order chi connectivity index (χ0) is 14.2. The van der Waals surface area contributed by atoms with Crippen LogP contribution in [0.15, 0.2) is 29.4 Å². The second-order valence-corrected chi connectivity index (χ2v) is 8.43. The second kappa shape index (κ2) is 5.34. The molecule has 3 rings (SSSR count). The summed E-state index contributed by atoms with van der Waals surface area (Å²) in [4.78, 5) is 0. The Hall–Kier alpha value is -1.12. The van der Waals surface area contributed by atoms with Gasteiger partial charge in [-0.1, -0.05) is 23.4 Å². The number of benzene rings is 1. The molecule has 6 nitrogen and oxygen atoms in total. The van der Waals surface area contributed by atoms with E-state index < -0.39 is 9.84 Å². The molecule has 1 aliphatic rings. The van der Waals surface area contributed by atoms with Crippen molar-refractivity contribution in [2.24, 2.45) is 0 Å². The van der Waals surface area contributed by atoms with E-state index in [1.807, 2.05) is 12.1 Å². The number of hydrogen-bond donors (Lipinski definition) is 0. The molecule has 1 atom stereocenters. The number of aromatic nitrogens is 4. The van der Waals surface area contributed by atoms with Crippen LogP contribution in [0.2, 0.25) is 5.02 Å². The molecule has 0 saturated carbocycles. The van der Waals surface area contributed by atoms with Crippen LogP contribution in [0.1, 0.15) is 6.42 Å². The van der Waals surface area contributed by atoms with E-state index in [4.69, 9.17) is 11.6 Å². The van der Waals surface area contributed by atoms with E-state index in [2.05, 4.69) is 15.5 Å². The van der Waals surface area contributed by atoms with Gasteiger partial charge in [-0.25, -0.2) is 8.42 Å². The first-order valence-corrected chi connectivity index (χ1v) is 9.03. The molecule has 0 unspecified atom stereocenters. The van der Waals surface area contributed by atoms with E-state index in [0.29, 0.717) is 16.6 Å². The molecule has 0 radical (unpaired) electrons. The predicted molar refractivity (Wildman–Crippen MR) is 77.1 cm³/mol. The summed E-state index contributed by atoms with van der Waals surface area (Å²) in [5, 5.41) is 12.8. The third-order valence-corrected chi connectivity index (χ3v) is 6.41. The first-order chi connectivity index (χ1) is 9.53. The lowest BCUT2D eigenvalue weighted by Gasteiger charge is -2.07. The molecular formula is C11H11ClN4O2S2. The number of thioether (sulfide) groups is 1. The summed E-state index contributed by atoms with van der Waals surface area (Å²) < 4.78 is 24.5. The first-order valence-electron chi connectivity index (χ1n) is 5.95. The maximum Gasteiger partial charge on any atom is 0.214 e. The fourth-order valence-electron chi connectivity index (χ4n) is 2.00. The molecule has 1 aromatic carbocycles. The average molecular weight is 331 g/mol. The monoisotopic (exact) mass is 330 g/mol. The summed E-state index contributed by atoms with van der Waals surface area (Å²) in [6.07, 6.45) is 0.639. The molecule has 20 heavy (non-hydrogen) atoms. The highest BCUT2D eigenvalue weighted by molar-refractivity contribution is 8.01. The highest BCUT2D eigenvalue weighted by atomic mass is 35.5. The Morgan fingerprint density at radius 2 is 2.05 bits per heavy atom. The third-order valence-electron chi connectivity index (χ3n) is 2.97. The van der Waals surface area contributed by atoms with E-state index in [1.54, 1.807) is 16.8 Å². The van der Waals surface area contributed by atoms with Gasteiger partial charge in [0.05, 0.1) is 17.2 Å². The third kappa shape index (κ3) is 2.97. The fourth-order valence-corrected chi connectivity index (χ4v) is 5.57. The van der Waals surface area contributed by atoms with Crippen LogP contribution in [0.5, 0.6) is 0 Å². The topological polar surface area (TPSA) is 77.7 Å². The number of halogens is 1. The van der Waals surface area contributed by atoms with Gasteiger partial charge in [-0.3, -0.25) is 0 Å². The zero-order valence-corrected chi connectivity index (χ0v) is 12.7. The van der Waals surface area contributed by atoms with E-state index in [9.17, 15) is 8.42 Å². The normalized spacial score (nSPS) is 21.1. The van der Waals surface area contributed by atoms with Gasteiger partial charge in [0.15, 0.2) is 9.84 Å². The van der Waals surface area contributed by atoms with Crippen molar-refractivity contribution in [2.75, 3.05) is 11.5 Å². The maximum atomic E-state index is 11.5. The van der Waals surface area contributed by atoms with Gasteiger partial charge >= 0.3 is 0 Å². The standard InChI is InChI=1S/C11H11ClN4O2S2/c12-8-1-3-9(4-2-8)16-11(13-14-15-16)19-10-5-6-20(17,18)7-10/h1-4,10H,5-7H2/t10-/m1/s1. The van der Waals surface area contributed by atoms with Crippen LogP contribution in [0.3, 0.4) is 0 Å². The van der Waals surface area contributed by atoms with Crippen LogP contribution >= 0.6 is 23.4 Å². The van der Waals surface area contributed by atoms with Crippen molar-refractivity contribution < 1.29 is 8.42 Å². The van der Waals surface area contributed by atoms with Crippen LogP contribution in [0.4, 0.5) is 0 Å². The number of nitrogens with zero attached hydrogens (tertiary/aromatic N) is 4. The molecule has 0 bridgehead atoms. The minimum atomic E-state index is -2.90. The molecule has 106 valence electrons. The first kappa shape index (κ1) is 13.8. The summed E-state index contributed by atoms with van der Waals surface area (Å²) in [5.41, 5.74) is 0.794. The van der Waals surface area contributed by atoms with Gasteiger partial charge in [-0.2, -0.15) is 4.68 Å². The van der Waals surface area contributed by atoms with E-state index >= 15 is 0 Å². The smallest absolute Gasteiger partial charge is 0.214 e. The van der Waals surface area contributed by atoms with Gasteiger partial charge in [-0.05, 0) is 41.1 Å². The molecule has 0 amide bonds. The minimum Gasteiger partial charge on any atom is -0.229 e. The number of tetrazole rings is 1. The zero-order valence-electron chi connectivity index (χ0n) is 10.3. The number of rotatable bonds is 3. The van der Waals surface area contributed by atoms with E-state index in [1.165, 1.54) is 11.8 Å². The van der Waals surface area contributed by atoms with Crippen molar-refractivity contribution in [2.45, 2.75) is 16.8 Å². The highest BCUT2D eigenvalue weighted by Gasteiger charge is 2.30. The minimum absolute atomic E-state index is 0.0112. The van der Waals surface area contributed by atoms with Gasteiger partial charge in [0, 0.05) is 10.3 Å². The Labute approximate surface area is 125 Å². The van der Waals surface area contributed by atoms with Crippen LogP contribution in [0, 0.1) is 0 Å². The lowest BCUT2D eigenvalue weighted by molar-refractivity contribution is 0.602. The summed E-state index contributed by atoms with van der Waals surface area (Å²) in [7, 11) is -2.90. The number of sulfone groups is 1. The quantitative estimate of drug-likeness (QED) is 0.850. The van der Waals surface area contributed by atoms with Crippen LogP contribution in [-0.4, -0.2) is 45.4 Å². The summed E-state index contributed by atoms with van der Waals surface area (Å²) >= 11 is 7.25. The Bertz CT molecular complexity index is 714. The Balaban J connectivity index is 1.82. The average Bonchev–Trinajstić information content (AvgIpc) is 2.98. The van der Waals surface area contributed by atoms with Crippen molar-refractivity contribution in [1.82, 2.24) is 20.2 Å². The molecule has 2 heterocycles. The molecule has 1 aliphatic heterocycles. The predicted octanol–water partition coefficient (Wildman–Crippen LogP) is 1.59. The van der Waals surface area contributed by atoms with Crippen molar-refractivity contribution in [3.05, 3.63) is 29.3 Å². The summed E-state index contributed by atoms with van der Waals surface area (Å²) in [5.74, 6) is 0.429. The van der Waals surface area contributed by atoms with Crippen molar-refractivity contribution >= 4 is 33.2 Å². The van der Waals surface area contributed by atoms with E-state index in [0.717, 1.165) is 5.69 Å². The van der Waals surface area contributed by atoms with Gasteiger partial charge in [0.25, 0.3) is 0 Å². The fraction of sp³-hybridized carbons (Fsp3) is 0.364. The lowest BCUT2D eigenvalue weighted by atomic mass is 10.3. The molecule has 1 saturated heterocycles. The van der Waals surface area contributed by atoms with Gasteiger partial charge < -0.3 is 0 Å². The van der Waals surface area contributed by atoms with Gasteiger partial charge in [0.1, 0.15) is 0 Å². The molecule has 1 aromatic heterocycles. The van der Waals surface area contributed by atoms with Crippen molar-refractivity contribution in [1.29, 1.82) is 0 Å². The Morgan fingerprint density at radius 1 is 1.30 bits per heavy atom. The SMILES string of the molecule is O=S1(=O)CC[C@@H](Sc2nnnn2-c2ccc(Cl)cc2)C1. The highest BCUT2D eigenvalue weighted by Crippen LogP contribution is 2.30. The molecule has 0 spiro atoms. The molecule has 1 fully saturated rings. The maximum absolute atomic E-state index is 11.5. The second-order valence-electron chi connectivity index (χ2n) is 4.49. The Kier molecular flexibility index (Phi) is 3.70. The molecular weight excluding hydrogens is 320 g/mol. The van der Waals surface area contributed by atoms with Gasteiger partial charge in [-0.15, -0.1) is 5.10 Å². The van der Waals surface area contributed by atoms with E-state index in [-0.39, 0.29) is 16.8 Å². The number of hydrogen-bond acceptors (Lipinski definition) is 6. The van der Waals surface area contributed by atoms with Gasteiger partial charge in [0.2, 0.25) is 5.16 Å². The lowest BCUT2D eigenvalue weighted by Crippen LogP contribution is -2.08. The molecule has 9 heteroatoms. The molecule has 0 N–H and O–H groups in total. The van der Waals surface area contributed by atoms with Crippen LogP contribution < -0.4 is 0 Å². The molecule has 0 aliphatic carbocycles. The Morgan fingerprint density at radius 3 is 2.70 bits per heavy atom. The summed E-state index contributed by atoms with van der Waals surface area (Å²) in [6, 6.07) is 7.14.